The summed E-state index contributed by atoms with van der Waals surface area (Å²) in [4.78, 5) is 0. The summed E-state index contributed by atoms with van der Waals surface area (Å²) in [6.45, 7) is 2.62. The van der Waals surface area contributed by atoms with Crippen LogP contribution in [0.2, 0.25) is 0 Å². The van der Waals surface area contributed by atoms with Crippen molar-refractivity contribution >= 4 is 22.6 Å². The molecule has 2 heterocycles. The van der Waals surface area contributed by atoms with Gasteiger partial charge in [0.05, 0.1) is 27.7 Å². The first-order chi connectivity index (χ1) is 17.5. The molecule has 9 heteroatoms. The zero-order valence-electron chi connectivity index (χ0n) is 19.2. The maximum Gasteiger partial charge on any atom is 0.231 e. The Morgan fingerprint density at radius 1 is 1.03 bits per heavy atom. The number of fused-ring (bicyclic) bond motifs is 2. The second kappa shape index (κ2) is 9.88. The zero-order valence-corrected chi connectivity index (χ0v) is 21.4. The summed E-state index contributed by atoms with van der Waals surface area (Å²) in [7, 11) is 0. The van der Waals surface area contributed by atoms with Gasteiger partial charge in [-0.1, -0.05) is 18.2 Å². The maximum atomic E-state index is 9.96. The molecule has 1 atom stereocenters. The topological polar surface area (TPSA) is 120 Å². The molecule has 0 radical (unpaired) electrons. The third-order valence-electron chi connectivity index (χ3n) is 5.89. The van der Waals surface area contributed by atoms with E-state index >= 15 is 0 Å². The summed E-state index contributed by atoms with van der Waals surface area (Å²) in [5.74, 6) is 2.26. The van der Waals surface area contributed by atoms with Crippen LogP contribution in [-0.4, -0.2) is 13.4 Å². The lowest BCUT2D eigenvalue weighted by Gasteiger charge is -2.27. The average Bonchev–Trinajstić information content (AvgIpc) is 3.33. The Morgan fingerprint density at radius 2 is 1.81 bits per heavy atom. The van der Waals surface area contributed by atoms with E-state index in [0.29, 0.717) is 40.9 Å². The van der Waals surface area contributed by atoms with Crippen molar-refractivity contribution in [3.05, 3.63) is 85.8 Å². The van der Waals surface area contributed by atoms with Gasteiger partial charge in [0.2, 0.25) is 12.7 Å². The molecule has 2 N–H and O–H groups in total. The molecule has 5 rings (SSSR count). The third kappa shape index (κ3) is 4.23. The molecule has 180 valence electrons. The molecular formula is C27H20IN3O5. The Bertz CT molecular complexity index is 1470. The van der Waals surface area contributed by atoms with E-state index < -0.39 is 5.92 Å². The quantitative estimate of drug-likeness (QED) is 0.393. The van der Waals surface area contributed by atoms with Gasteiger partial charge in [0.25, 0.3) is 0 Å². The van der Waals surface area contributed by atoms with Crippen LogP contribution in [0, 0.1) is 26.2 Å². The summed E-state index contributed by atoms with van der Waals surface area (Å²) >= 11 is 2.19. The Balaban J connectivity index is 1.57. The number of benzene rings is 3. The molecule has 0 saturated heterocycles. The van der Waals surface area contributed by atoms with E-state index in [1.54, 1.807) is 12.1 Å². The van der Waals surface area contributed by atoms with E-state index in [1.807, 2.05) is 43.3 Å². The lowest BCUT2D eigenvalue weighted by Crippen LogP contribution is -2.21. The molecule has 0 bridgehead atoms. The smallest absolute Gasteiger partial charge is 0.231 e. The molecule has 0 amide bonds. The number of hydrogen-bond donors (Lipinski definition) is 1. The van der Waals surface area contributed by atoms with Gasteiger partial charge in [0.1, 0.15) is 24.0 Å². The number of nitrogens with zero attached hydrogens (tertiary/aromatic N) is 2. The van der Waals surface area contributed by atoms with E-state index in [2.05, 4.69) is 34.7 Å². The average molecular weight is 593 g/mol. The van der Waals surface area contributed by atoms with Crippen molar-refractivity contribution in [3.8, 4) is 40.9 Å². The molecule has 0 saturated carbocycles. The van der Waals surface area contributed by atoms with E-state index in [9.17, 15) is 10.5 Å². The van der Waals surface area contributed by atoms with Gasteiger partial charge in [0.15, 0.2) is 23.0 Å². The first-order valence-corrected chi connectivity index (χ1v) is 12.2. The van der Waals surface area contributed by atoms with Crippen molar-refractivity contribution in [3.63, 3.8) is 0 Å². The van der Waals surface area contributed by atoms with Crippen molar-refractivity contribution in [2.75, 3.05) is 13.4 Å². The van der Waals surface area contributed by atoms with E-state index in [-0.39, 0.29) is 24.9 Å². The number of rotatable bonds is 6. The fourth-order valence-electron chi connectivity index (χ4n) is 4.25. The molecule has 3 aromatic rings. The molecule has 3 aromatic carbocycles. The van der Waals surface area contributed by atoms with Gasteiger partial charge in [-0.25, -0.2) is 0 Å². The number of allylic oxidation sites excluding steroid dienone is 1. The highest BCUT2D eigenvalue weighted by Gasteiger charge is 2.34. The first-order valence-electron chi connectivity index (χ1n) is 11.1. The molecule has 8 nitrogen and oxygen atoms in total. The Labute approximate surface area is 221 Å². The number of nitriles is 2. The first kappa shape index (κ1) is 23.6. The molecule has 0 aliphatic carbocycles. The minimum atomic E-state index is -0.505. The molecular weight excluding hydrogens is 573 g/mol. The summed E-state index contributed by atoms with van der Waals surface area (Å²) < 4.78 is 29.7. The minimum Gasteiger partial charge on any atom is -0.490 e. The monoisotopic (exact) mass is 593 g/mol. The fourth-order valence-corrected chi connectivity index (χ4v) is 5.03. The van der Waals surface area contributed by atoms with Gasteiger partial charge in [-0.3, -0.25) is 0 Å². The maximum absolute atomic E-state index is 9.96. The number of hydrogen-bond acceptors (Lipinski definition) is 8. The molecule has 0 unspecified atom stereocenters. The van der Waals surface area contributed by atoms with Crippen LogP contribution in [0.15, 0.2) is 60.0 Å². The van der Waals surface area contributed by atoms with Gasteiger partial charge in [-0.2, -0.15) is 10.5 Å². The highest BCUT2D eigenvalue weighted by molar-refractivity contribution is 14.1. The lowest BCUT2D eigenvalue weighted by molar-refractivity contribution is 0.174. The highest BCUT2D eigenvalue weighted by Crippen LogP contribution is 2.49. The lowest BCUT2D eigenvalue weighted by atomic mass is 9.83. The van der Waals surface area contributed by atoms with Crippen LogP contribution in [0.3, 0.4) is 0 Å². The molecule has 36 heavy (non-hydrogen) atoms. The van der Waals surface area contributed by atoms with Crippen molar-refractivity contribution in [2.45, 2.75) is 19.4 Å². The van der Waals surface area contributed by atoms with Gasteiger partial charge >= 0.3 is 0 Å². The van der Waals surface area contributed by atoms with Gasteiger partial charge in [0, 0.05) is 17.2 Å². The van der Waals surface area contributed by atoms with Crippen molar-refractivity contribution in [1.29, 1.82) is 10.5 Å². The SMILES string of the molecule is CCOc1cc([C@H]2C(C#N)=C(N)Oc3cc4c(cc32)OCO4)cc(I)c1OCc1ccccc1C#N. The Morgan fingerprint density at radius 3 is 2.56 bits per heavy atom. The number of halogens is 1. The van der Waals surface area contributed by atoms with E-state index in [4.69, 9.17) is 29.4 Å². The van der Waals surface area contributed by atoms with Crippen molar-refractivity contribution in [1.82, 2.24) is 0 Å². The summed E-state index contributed by atoms with van der Waals surface area (Å²) in [6, 6.07) is 19.0. The van der Waals surface area contributed by atoms with Crippen LogP contribution in [0.25, 0.3) is 0 Å². The van der Waals surface area contributed by atoms with E-state index in [0.717, 1.165) is 20.3 Å². The minimum absolute atomic E-state index is 0.0373. The molecule has 0 fully saturated rings. The van der Waals surface area contributed by atoms with E-state index in [1.165, 1.54) is 0 Å². The van der Waals surface area contributed by atoms with Crippen LogP contribution in [0.1, 0.15) is 35.1 Å². The van der Waals surface area contributed by atoms with Gasteiger partial charge in [-0.05, 0) is 59.3 Å². The fraction of sp³-hybridized carbons (Fsp3) is 0.185. The summed E-state index contributed by atoms with van der Waals surface area (Å²) in [5, 5.41) is 19.4. The van der Waals surface area contributed by atoms with Crippen molar-refractivity contribution in [2.24, 2.45) is 5.73 Å². The molecule has 0 spiro atoms. The zero-order chi connectivity index (χ0) is 25.2. The molecule has 0 aromatic heterocycles. The largest absolute Gasteiger partial charge is 0.490 e. The van der Waals surface area contributed by atoms with Crippen molar-refractivity contribution < 1.29 is 23.7 Å². The number of nitrogens with two attached hydrogens (primary N) is 1. The summed E-state index contributed by atoms with van der Waals surface area (Å²) in [6.07, 6.45) is 0. The standard InChI is InChI=1S/C27H20IN3O5/c1-2-32-24-8-17(7-20(28)26(24)33-13-16-6-4-3-5-15(16)11-29)25-18-9-22-23(35-14-34-22)10-21(18)36-27(31)19(25)12-30/h3-10,25H,2,13-14,31H2,1H3/t25-/m1/s1. The predicted molar refractivity (Wildman–Crippen MR) is 138 cm³/mol. The Kier molecular flexibility index (Phi) is 6.49. The summed E-state index contributed by atoms with van der Waals surface area (Å²) in [5.41, 5.74) is 9.30. The normalized spacial score (nSPS) is 15.4. The second-order valence-electron chi connectivity index (χ2n) is 7.99. The Hall–Kier alpha value is -4.09. The van der Waals surface area contributed by atoms with Crippen LogP contribution < -0.4 is 29.4 Å². The van der Waals surface area contributed by atoms with Crippen LogP contribution in [0.5, 0.6) is 28.7 Å². The molecule has 2 aliphatic heterocycles. The second-order valence-corrected chi connectivity index (χ2v) is 9.15. The van der Waals surface area contributed by atoms with Gasteiger partial charge < -0.3 is 29.4 Å². The number of ether oxygens (including phenoxy) is 5. The van der Waals surface area contributed by atoms with Crippen LogP contribution >= 0.6 is 22.6 Å². The van der Waals surface area contributed by atoms with Crippen LogP contribution in [-0.2, 0) is 6.61 Å². The molecule has 2 aliphatic rings. The third-order valence-corrected chi connectivity index (χ3v) is 6.69. The van der Waals surface area contributed by atoms with Crippen LogP contribution in [0.4, 0.5) is 0 Å². The predicted octanol–water partition coefficient (Wildman–Crippen LogP) is 5.09. The highest BCUT2D eigenvalue weighted by atomic mass is 127. The van der Waals surface area contributed by atoms with Gasteiger partial charge in [-0.15, -0.1) is 0 Å².